The van der Waals surface area contributed by atoms with E-state index in [-0.39, 0.29) is 0 Å². The van der Waals surface area contributed by atoms with Crippen molar-refractivity contribution in [3.8, 4) is 0 Å². The van der Waals surface area contributed by atoms with E-state index in [9.17, 15) is 0 Å². The highest BCUT2D eigenvalue weighted by Gasteiger charge is 2.15. The van der Waals surface area contributed by atoms with E-state index in [2.05, 4.69) is 47.6 Å². The lowest BCUT2D eigenvalue weighted by molar-refractivity contribution is 0.557. The van der Waals surface area contributed by atoms with Gasteiger partial charge in [-0.15, -0.1) is 22.7 Å². The van der Waals surface area contributed by atoms with Gasteiger partial charge in [0.25, 0.3) is 0 Å². The van der Waals surface area contributed by atoms with E-state index in [4.69, 9.17) is 0 Å². The van der Waals surface area contributed by atoms with Crippen LogP contribution < -0.4 is 5.32 Å². The van der Waals surface area contributed by atoms with Crippen molar-refractivity contribution < 1.29 is 0 Å². The fourth-order valence-corrected chi connectivity index (χ4v) is 4.03. The summed E-state index contributed by atoms with van der Waals surface area (Å²) >= 11 is 3.61. The summed E-state index contributed by atoms with van der Waals surface area (Å²) in [5.74, 6) is 0. The molecule has 1 N–H and O–H groups in total. The van der Waals surface area contributed by atoms with Crippen LogP contribution in [0.15, 0.2) is 41.9 Å². The molecule has 0 spiro atoms. The molecule has 1 aromatic carbocycles. The van der Waals surface area contributed by atoms with Crippen molar-refractivity contribution in [2.75, 3.05) is 6.54 Å². The highest BCUT2D eigenvalue weighted by Crippen LogP contribution is 2.31. The molecular formula is C15H16N2S2. The quantitative estimate of drug-likeness (QED) is 0.759. The van der Waals surface area contributed by atoms with Crippen LogP contribution in [0.1, 0.15) is 22.9 Å². The summed E-state index contributed by atoms with van der Waals surface area (Å²) in [4.78, 5) is 5.80. The Balaban J connectivity index is 1.90. The first-order valence-electron chi connectivity index (χ1n) is 6.47. The molecule has 3 aromatic rings. The Morgan fingerprint density at radius 1 is 1.32 bits per heavy atom. The number of hydrogen-bond acceptors (Lipinski definition) is 4. The molecule has 4 heteroatoms. The Morgan fingerprint density at radius 2 is 2.21 bits per heavy atom. The van der Waals surface area contributed by atoms with E-state index in [0.29, 0.717) is 6.04 Å². The number of thiophene rings is 1. The van der Waals surface area contributed by atoms with Crippen LogP contribution in [0.2, 0.25) is 0 Å². The molecule has 0 aliphatic heterocycles. The fraction of sp³-hybridized carbons (Fsp3) is 0.267. The molecule has 0 bridgehead atoms. The number of likely N-dealkylation sites (N-methyl/N-ethyl adjacent to an activating group) is 1. The van der Waals surface area contributed by atoms with E-state index in [1.807, 2.05) is 22.9 Å². The molecule has 1 unspecified atom stereocenters. The summed E-state index contributed by atoms with van der Waals surface area (Å²) in [5.41, 5.74) is 0. The van der Waals surface area contributed by atoms with Crippen molar-refractivity contribution in [2.24, 2.45) is 0 Å². The Hall–Kier alpha value is -1.23. The summed E-state index contributed by atoms with van der Waals surface area (Å²) in [6.07, 6.45) is 2.85. The molecular weight excluding hydrogens is 272 g/mol. The van der Waals surface area contributed by atoms with Gasteiger partial charge in [-0.2, -0.15) is 0 Å². The second-order valence-corrected chi connectivity index (χ2v) is 6.52. The fourth-order valence-electron chi connectivity index (χ4n) is 2.22. The van der Waals surface area contributed by atoms with E-state index >= 15 is 0 Å². The Bertz CT molecular complexity index is 610. The molecule has 0 saturated heterocycles. The maximum Gasteiger partial charge on any atom is 0.0944 e. The molecule has 0 aliphatic rings. The van der Waals surface area contributed by atoms with E-state index in [1.165, 1.54) is 20.0 Å². The lowest BCUT2D eigenvalue weighted by Gasteiger charge is -2.14. The van der Waals surface area contributed by atoms with Crippen LogP contribution in [-0.4, -0.2) is 11.5 Å². The number of hydrogen-bond donors (Lipinski definition) is 1. The highest BCUT2D eigenvalue weighted by molar-refractivity contribution is 7.19. The zero-order chi connectivity index (χ0) is 13.1. The van der Waals surface area contributed by atoms with Crippen LogP contribution >= 0.6 is 22.7 Å². The Morgan fingerprint density at radius 3 is 2.95 bits per heavy atom. The van der Waals surface area contributed by atoms with Crippen LogP contribution in [0.5, 0.6) is 0 Å². The smallest absolute Gasteiger partial charge is 0.0944 e. The maximum absolute atomic E-state index is 4.40. The Kier molecular flexibility index (Phi) is 3.92. The Labute approximate surface area is 121 Å². The second-order valence-electron chi connectivity index (χ2n) is 4.43. The number of aromatic nitrogens is 1. The third kappa shape index (κ3) is 2.86. The number of rotatable bonds is 5. The molecule has 2 heterocycles. The normalized spacial score (nSPS) is 12.9. The largest absolute Gasteiger partial charge is 0.309 e. The number of nitrogens with zero attached hydrogens (tertiary/aromatic N) is 1. The molecule has 0 fully saturated rings. The number of benzene rings is 1. The van der Waals surface area contributed by atoms with Crippen molar-refractivity contribution in [1.82, 2.24) is 10.3 Å². The lowest BCUT2D eigenvalue weighted by atomic mass is 10.1. The number of nitrogens with one attached hydrogen (secondary N) is 1. The van der Waals surface area contributed by atoms with Crippen LogP contribution in [0.4, 0.5) is 0 Å². The van der Waals surface area contributed by atoms with Crippen LogP contribution in [0.3, 0.4) is 0 Å². The van der Waals surface area contributed by atoms with Crippen molar-refractivity contribution in [2.45, 2.75) is 19.4 Å². The molecule has 0 amide bonds. The molecule has 1 atom stereocenters. The summed E-state index contributed by atoms with van der Waals surface area (Å²) in [6.45, 7) is 3.13. The molecule has 19 heavy (non-hydrogen) atoms. The predicted octanol–water partition coefficient (Wildman–Crippen LogP) is 4.25. The van der Waals surface area contributed by atoms with Gasteiger partial charge in [0, 0.05) is 33.6 Å². The lowest BCUT2D eigenvalue weighted by Crippen LogP contribution is -2.21. The zero-order valence-corrected chi connectivity index (χ0v) is 12.4. The van der Waals surface area contributed by atoms with Gasteiger partial charge in [-0.25, -0.2) is 4.98 Å². The molecule has 0 saturated carbocycles. The average molecular weight is 288 g/mol. The van der Waals surface area contributed by atoms with Gasteiger partial charge in [0.1, 0.15) is 0 Å². The molecule has 2 nitrogen and oxygen atoms in total. The summed E-state index contributed by atoms with van der Waals surface area (Å²) in [7, 11) is 0. The second kappa shape index (κ2) is 5.82. The molecule has 0 aliphatic carbocycles. The first-order valence-corrected chi connectivity index (χ1v) is 8.16. The SMILES string of the molecule is CCNC(Cc1nccs1)c1cc2ccccc2s1. The maximum atomic E-state index is 4.40. The van der Waals surface area contributed by atoms with Gasteiger partial charge >= 0.3 is 0 Å². The van der Waals surface area contributed by atoms with Gasteiger partial charge in [0.05, 0.1) is 5.01 Å². The zero-order valence-electron chi connectivity index (χ0n) is 10.8. The van der Waals surface area contributed by atoms with Crippen LogP contribution in [0, 0.1) is 0 Å². The van der Waals surface area contributed by atoms with E-state index in [0.717, 1.165) is 13.0 Å². The van der Waals surface area contributed by atoms with E-state index < -0.39 is 0 Å². The van der Waals surface area contributed by atoms with Gasteiger partial charge in [0.15, 0.2) is 0 Å². The predicted molar refractivity (Wildman–Crippen MR) is 84.1 cm³/mol. The van der Waals surface area contributed by atoms with Gasteiger partial charge in [-0.3, -0.25) is 0 Å². The minimum Gasteiger partial charge on any atom is -0.309 e. The van der Waals surface area contributed by atoms with Gasteiger partial charge in [-0.05, 0) is 24.1 Å². The summed E-state index contributed by atoms with van der Waals surface area (Å²) in [5, 5.41) is 8.16. The minimum atomic E-state index is 0.369. The molecule has 98 valence electrons. The van der Waals surface area contributed by atoms with Crippen molar-refractivity contribution in [3.05, 3.63) is 51.8 Å². The number of thiazole rings is 1. The summed E-state index contributed by atoms with van der Waals surface area (Å²) < 4.78 is 1.36. The number of fused-ring (bicyclic) bond motifs is 1. The average Bonchev–Trinajstić information content (AvgIpc) is 3.06. The van der Waals surface area contributed by atoms with E-state index in [1.54, 1.807) is 11.3 Å². The van der Waals surface area contributed by atoms with Gasteiger partial charge < -0.3 is 5.32 Å². The van der Waals surface area contributed by atoms with Gasteiger partial charge in [-0.1, -0.05) is 25.1 Å². The molecule has 3 rings (SSSR count). The topological polar surface area (TPSA) is 24.9 Å². The first kappa shape index (κ1) is 12.8. The van der Waals surface area contributed by atoms with Gasteiger partial charge in [0.2, 0.25) is 0 Å². The third-order valence-corrected chi connectivity index (χ3v) is 5.13. The molecule has 2 aromatic heterocycles. The third-order valence-electron chi connectivity index (χ3n) is 3.10. The van der Waals surface area contributed by atoms with Crippen molar-refractivity contribution in [3.63, 3.8) is 0 Å². The van der Waals surface area contributed by atoms with Crippen molar-refractivity contribution in [1.29, 1.82) is 0 Å². The standard InChI is InChI=1S/C15H16N2S2/c1-2-16-12(10-15-17-7-8-18-15)14-9-11-5-3-4-6-13(11)19-14/h3-9,12,16H,2,10H2,1H3. The first-order chi connectivity index (χ1) is 9.36. The van der Waals surface area contributed by atoms with Crippen molar-refractivity contribution >= 4 is 32.8 Å². The summed E-state index contributed by atoms with van der Waals surface area (Å²) in [6, 6.07) is 11.3. The van der Waals surface area contributed by atoms with Crippen LogP contribution in [-0.2, 0) is 6.42 Å². The van der Waals surface area contributed by atoms with Crippen LogP contribution in [0.25, 0.3) is 10.1 Å². The molecule has 0 radical (unpaired) electrons. The monoisotopic (exact) mass is 288 g/mol. The highest BCUT2D eigenvalue weighted by atomic mass is 32.1. The minimum absolute atomic E-state index is 0.369.